The van der Waals surface area contributed by atoms with Crippen molar-refractivity contribution < 1.29 is 9.53 Å². The molecular weight excluding hydrogens is 252 g/mol. The van der Waals surface area contributed by atoms with Crippen LogP contribution in [-0.4, -0.2) is 36.5 Å². The second kappa shape index (κ2) is 6.75. The van der Waals surface area contributed by atoms with Crippen LogP contribution in [0.5, 0.6) is 5.75 Å². The molecular formula is C16H24N2O2. The lowest BCUT2D eigenvalue weighted by Crippen LogP contribution is -2.33. The maximum absolute atomic E-state index is 12.0. The van der Waals surface area contributed by atoms with Crippen LogP contribution >= 0.6 is 0 Å². The smallest absolute Gasteiger partial charge is 0.260 e. The van der Waals surface area contributed by atoms with E-state index in [1.54, 1.807) is 4.90 Å². The zero-order valence-corrected chi connectivity index (χ0v) is 12.3. The van der Waals surface area contributed by atoms with Crippen molar-refractivity contribution in [2.24, 2.45) is 5.73 Å². The van der Waals surface area contributed by atoms with Crippen LogP contribution in [0.25, 0.3) is 0 Å². The zero-order valence-electron chi connectivity index (χ0n) is 12.3. The summed E-state index contributed by atoms with van der Waals surface area (Å²) in [4.78, 5) is 13.8. The SMILES string of the molecule is CCC(N)Cc1ccccc1OCC(=O)N(C)C1CC1. The maximum atomic E-state index is 12.0. The molecule has 1 aliphatic carbocycles. The molecule has 1 atom stereocenters. The van der Waals surface area contributed by atoms with Gasteiger partial charge in [0.1, 0.15) is 5.75 Å². The minimum Gasteiger partial charge on any atom is -0.483 e. The summed E-state index contributed by atoms with van der Waals surface area (Å²) < 4.78 is 5.70. The molecule has 0 saturated heterocycles. The van der Waals surface area contributed by atoms with Gasteiger partial charge in [-0.15, -0.1) is 0 Å². The fourth-order valence-electron chi connectivity index (χ4n) is 2.15. The highest BCUT2D eigenvalue weighted by Gasteiger charge is 2.29. The van der Waals surface area contributed by atoms with Crippen LogP contribution in [0.1, 0.15) is 31.7 Å². The molecule has 1 unspecified atom stereocenters. The van der Waals surface area contributed by atoms with Gasteiger partial charge in [0.15, 0.2) is 6.61 Å². The third-order valence-electron chi connectivity index (χ3n) is 3.82. The molecule has 0 spiro atoms. The van der Waals surface area contributed by atoms with Crippen LogP contribution in [0.4, 0.5) is 0 Å². The molecule has 0 heterocycles. The lowest BCUT2D eigenvalue weighted by molar-refractivity contribution is -0.132. The third kappa shape index (κ3) is 3.97. The Kier molecular flexibility index (Phi) is 5.01. The van der Waals surface area contributed by atoms with E-state index in [-0.39, 0.29) is 18.6 Å². The van der Waals surface area contributed by atoms with E-state index in [2.05, 4.69) is 6.92 Å². The summed E-state index contributed by atoms with van der Waals surface area (Å²) in [7, 11) is 1.85. The Balaban J connectivity index is 1.92. The fourth-order valence-corrected chi connectivity index (χ4v) is 2.15. The summed E-state index contributed by atoms with van der Waals surface area (Å²) in [5, 5.41) is 0. The molecule has 4 nitrogen and oxygen atoms in total. The van der Waals surface area contributed by atoms with Gasteiger partial charge in [-0.3, -0.25) is 4.79 Å². The Morgan fingerprint density at radius 3 is 2.80 bits per heavy atom. The number of para-hydroxylation sites is 1. The molecule has 110 valence electrons. The van der Waals surface area contributed by atoms with Crippen molar-refractivity contribution >= 4 is 5.91 Å². The molecule has 1 aromatic carbocycles. The average Bonchev–Trinajstić information content (AvgIpc) is 3.29. The Bertz CT molecular complexity index is 458. The normalized spacial score (nSPS) is 15.8. The van der Waals surface area contributed by atoms with Gasteiger partial charge in [-0.2, -0.15) is 0 Å². The van der Waals surface area contributed by atoms with E-state index in [9.17, 15) is 4.79 Å². The first-order valence-corrected chi connectivity index (χ1v) is 7.33. The van der Waals surface area contributed by atoms with Crippen molar-refractivity contribution in [2.75, 3.05) is 13.7 Å². The first kappa shape index (κ1) is 14.9. The second-order valence-electron chi connectivity index (χ2n) is 5.50. The van der Waals surface area contributed by atoms with Crippen LogP contribution in [0, 0.1) is 0 Å². The Morgan fingerprint density at radius 2 is 2.15 bits per heavy atom. The average molecular weight is 276 g/mol. The largest absolute Gasteiger partial charge is 0.483 e. The highest BCUT2D eigenvalue weighted by molar-refractivity contribution is 5.78. The van der Waals surface area contributed by atoms with Crippen molar-refractivity contribution in [2.45, 2.75) is 44.7 Å². The van der Waals surface area contributed by atoms with E-state index in [1.165, 1.54) is 0 Å². The van der Waals surface area contributed by atoms with Crippen molar-refractivity contribution in [3.05, 3.63) is 29.8 Å². The maximum Gasteiger partial charge on any atom is 0.260 e. The van der Waals surface area contributed by atoms with Crippen LogP contribution in [-0.2, 0) is 11.2 Å². The molecule has 2 rings (SSSR count). The lowest BCUT2D eigenvalue weighted by atomic mass is 10.0. The van der Waals surface area contributed by atoms with Crippen molar-refractivity contribution in [3.63, 3.8) is 0 Å². The van der Waals surface area contributed by atoms with Gasteiger partial charge in [0, 0.05) is 19.1 Å². The zero-order chi connectivity index (χ0) is 14.5. The number of carbonyl (C=O) groups excluding carboxylic acids is 1. The summed E-state index contributed by atoms with van der Waals surface area (Å²) >= 11 is 0. The van der Waals surface area contributed by atoms with Gasteiger partial charge in [-0.05, 0) is 37.3 Å². The van der Waals surface area contributed by atoms with Crippen molar-refractivity contribution in [1.29, 1.82) is 0 Å². The van der Waals surface area contributed by atoms with Crippen molar-refractivity contribution in [3.8, 4) is 5.75 Å². The van der Waals surface area contributed by atoms with Gasteiger partial charge >= 0.3 is 0 Å². The highest BCUT2D eigenvalue weighted by Crippen LogP contribution is 2.25. The number of carbonyl (C=O) groups is 1. The molecule has 1 saturated carbocycles. The number of benzene rings is 1. The van der Waals surface area contributed by atoms with Gasteiger partial charge in [0.25, 0.3) is 5.91 Å². The summed E-state index contributed by atoms with van der Waals surface area (Å²) in [6.45, 7) is 2.17. The first-order valence-electron chi connectivity index (χ1n) is 7.33. The van der Waals surface area contributed by atoms with Crippen LogP contribution < -0.4 is 10.5 Å². The summed E-state index contributed by atoms with van der Waals surface area (Å²) in [5.74, 6) is 0.816. The number of likely N-dealkylation sites (N-methyl/N-ethyl adjacent to an activating group) is 1. The topological polar surface area (TPSA) is 55.6 Å². The number of hydrogen-bond acceptors (Lipinski definition) is 3. The molecule has 0 aliphatic heterocycles. The molecule has 4 heteroatoms. The molecule has 1 aromatic rings. The van der Waals surface area contributed by atoms with Crippen LogP contribution in [0.15, 0.2) is 24.3 Å². The van der Waals surface area contributed by atoms with Crippen LogP contribution in [0.2, 0.25) is 0 Å². The quantitative estimate of drug-likeness (QED) is 0.828. The summed E-state index contributed by atoms with van der Waals surface area (Å²) in [5.41, 5.74) is 7.07. The van der Waals surface area contributed by atoms with E-state index in [4.69, 9.17) is 10.5 Å². The summed E-state index contributed by atoms with van der Waals surface area (Å²) in [6.07, 6.45) is 3.94. The number of nitrogens with zero attached hydrogens (tertiary/aromatic N) is 1. The Hall–Kier alpha value is -1.55. The Labute approximate surface area is 120 Å². The minimum absolute atomic E-state index is 0.0436. The van der Waals surface area contributed by atoms with Gasteiger partial charge in [0.05, 0.1) is 0 Å². The second-order valence-corrected chi connectivity index (χ2v) is 5.50. The van der Waals surface area contributed by atoms with Crippen molar-refractivity contribution in [1.82, 2.24) is 4.90 Å². The number of amides is 1. The molecule has 1 aliphatic rings. The highest BCUT2D eigenvalue weighted by atomic mass is 16.5. The minimum atomic E-state index is 0.0436. The predicted molar refractivity (Wildman–Crippen MR) is 79.7 cm³/mol. The van der Waals surface area contributed by atoms with E-state index in [1.807, 2.05) is 31.3 Å². The van der Waals surface area contributed by atoms with Gasteiger partial charge < -0.3 is 15.4 Å². The van der Waals surface area contributed by atoms with E-state index < -0.39 is 0 Å². The number of rotatable bonds is 7. The number of hydrogen-bond donors (Lipinski definition) is 1. The third-order valence-corrected chi connectivity index (χ3v) is 3.82. The molecule has 0 bridgehead atoms. The monoisotopic (exact) mass is 276 g/mol. The van der Waals surface area contributed by atoms with Crippen LogP contribution in [0.3, 0.4) is 0 Å². The van der Waals surface area contributed by atoms with E-state index >= 15 is 0 Å². The first-order chi connectivity index (χ1) is 9.61. The van der Waals surface area contributed by atoms with Gasteiger partial charge in [-0.25, -0.2) is 0 Å². The van der Waals surface area contributed by atoms with Gasteiger partial charge in [0.2, 0.25) is 0 Å². The molecule has 0 aromatic heterocycles. The van der Waals surface area contributed by atoms with Gasteiger partial charge in [-0.1, -0.05) is 25.1 Å². The summed E-state index contributed by atoms with van der Waals surface area (Å²) in [6, 6.07) is 8.37. The molecule has 2 N–H and O–H groups in total. The standard InChI is InChI=1S/C16H24N2O2/c1-3-13(17)10-12-6-4-5-7-15(12)20-11-16(19)18(2)14-8-9-14/h4-7,13-14H,3,8-11,17H2,1-2H3. The van der Waals surface area contributed by atoms with E-state index in [0.29, 0.717) is 6.04 Å². The lowest BCUT2D eigenvalue weighted by Gasteiger charge is -2.18. The number of ether oxygens (including phenoxy) is 1. The molecule has 1 amide bonds. The predicted octanol–water partition coefficient (Wildman–Crippen LogP) is 1.97. The number of nitrogens with two attached hydrogens (primary N) is 1. The molecule has 20 heavy (non-hydrogen) atoms. The fraction of sp³-hybridized carbons (Fsp3) is 0.562. The molecule has 1 fully saturated rings. The van der Waals surface area contributed by atoms with E-state index in [0.717, 1.165) is 37.0 Å². The molecule has 0 radical (unpaired) electrons. The Morgan fingerprint density at radius 1 is 1.45 bits per heavy atom.